The summed E-state index contributed by atoms with van der Waals surface area (Å²) < 4.78 is 0. The maximum Gasteiger partial charge on any atom is 2.00 e. The maximum absolute atomic E-state index is 2.32. The molecule has 0 aliphatic rings. The van der Waals surface area contributed by atoms with E-state index in [0.717, 1.165) is 11.8 Å². The van der Waals surface area contributed by atoms with Gasteiger partial charge in [-0.05, 0) is 11.8 Å². The van der Waals surface area contributed by atoms with Crippen LogP contribution in [0.3, 0.4) is 0 Å². The van der Waals surface area contributed by atoms with Gasteiger partial charge in [0.15, 0.2) is 0 Å². The standard InChI is InChI=1S/2C13H21.Mg/c2*1-4-6-8-12-9-7-10-13(12)11(3)5-2;/h2*7,9-11H,4-6,8H2,1-3H3;/q2*-1;+2. The van der Waals surface area contributed by atoms with Crippen LogP contribution in [-0.2, 0) is 12.8 Å². The Kier molecular flexibility index (Phi) is 15.1. The van der Waals surface area contributed by atoms with Crippen molar-refractivity contribution in [3.05, 3.63) is 58.7 Å². The maximum atomic E-state index is 2.32. The third-order valence-electron chi connectivity index (χ3n) is 5.77. The zero-order chi connectivity index (χ0) is 19.4. The van der Waals surface area contributed by atoms with Gasteiger partial charge in [-0.2, -0.15) is 34.4 Å². The van der Waals surface area contributed by atoms with Gasteiger partial charge >= 0.3 is 23.1 Å². The molecule has 0 bridgehead atoms. The summed E-state index contributed by atoms with van der Waals surface area (Å²) in [6.45, 7) is 13.7. The second-order valence-corrected chi connectivity index (χ2v) is 7.84. The first-order valence-electron chi connectivity index (χ1n) is 11.1. The van der Waals surface area contributed by atoms with E-state index in [1.165, 1.54) is 51.4 Å². The number of hydrogen-bond acceptors (Lipinski definition) is 0. The molecule has 0 spiro atoms. The van der Waals surface area contributed by atoms with Crippen LogP contribution < -0.4 is 0 Å². The van der Waals surface area contributed by atoms with Gasteiger partial charge in [0.1, 0.15) is 0 Å². The van der Waals surface area contributed by atoms with Gasteiger partial charge < -0.3 is 0 Å². The summed E-state index contributed by atoms with van der Waals surface area (Å²) in [6, 6.07) is 13.6. The smallest absolute Gasteiger partial charge is 0.213 e. The van der Waals surface area contributed by atoms with E-state index < -0.39 is 0 Å². The van der Waals surface area contributed by atoms with E-state index in [9.17, 15) is 0 Å². The van der Waals surface area contributed by atoms with Gasteiger partial charge in [0, 0.05) is 0 Å². The summed E-state index contributed by atoms with van der Waals surface area (Å²) in [7, 11) is 0. The summed E-state index contributed by atoms with van der Waals surface area (Å²) in [5.41, 5.74) is 6.32. The molecule has 2 aromatic carbocycles. The van der Waals surface area contributed by atoms with Crippen LogP contribution in [0.25, 0.3) is 0 Å². The predicted octanol–water partition coefficient (Wildman–Crippen LogP) is 8.14. The third-order valence-corrected chi connectivity index (χ3v) is 5.77. The van der Waals surface area contributed by atoms with Crippen LogP contribution >= 0.6 is 0 Å². The fourth-order valence-electron chi connectivity index (χ4n) is 3.53. The summed E-state index contributed by atoms with van der Waals surface area (Å²) in [4.78, 5) is 0. The van der Waals surface area contributed by atoms with Crippen molar-refractivity contribution in [1.29, 1.82) is 0 Å². The van der Waals surface area contributed by atoms with Crippen LogP contribution in [-0.4, -0.2) is 23.1 Å². The van der Waals surface area contributed by atoms with Crippen LogP contribution in [0.5, 0.6) is 0 Å². The van der Waals surface area contributed by atoms with E-state index in [1.54, 1.807) is 22.3 Å². The number of hydrogen-bond donors (Lipinski definition) is 0. The number of rotatable bonds is 10. The molecule has 2 atom stereocenters. The van der Waals surface area contributed by atoms with E-state index in [4.69, 9.17) is 0 Å². The first-order chi connectivity index (χ1) is 12.6. The van der Waals surface area contributed by atoms with Crippen LogP contribution in [0, 0.1) is 0 Å². The molecule has 0 saturated heterocycles. The number of unbranched alkanes of at least 4 members (excludes halogenated alkanes) is 2. The molecule has 0 aromatic heterocycles. The summed E-state index contributed by atoms with van der Waals surface area (Å²) >= 11 is 0. The summed E-state index contributed by atoms with van der Waals surface area (Å²) in [5, 5.41) is 0. The van der Waals surface area contributed by atoms with Crippen molar-refractivity contribution in [3.8, 4) is 0 Å². The topological polar surface area (TPSA) is 0 Å². The monoisotopic (exact) mass is 378 g/mol. The van der Waals surface area contributed by atoms with Crippen molar-refractivity contribution in [2.24, 2.45) is 0 Å². The van der Waals surface area contributed by atoms with Crippen molar-refractivity contribution in [1.82, 2.24) is 0 Å². The van der Waals surface area contributed by atoms with Gasteiger partial charge in [-0.3, -0.25) is 0 Å². The van der Waals surface area contributed by atoms with Crippen molar-refractivity contribution in [2.45, 2.75) is 105 Å². The normalized spacial score (nSPS) is 12.7. The Morgan fingerprint density at radius 1 is 0.704 bits per heavy atom. The molecule has 2 rings (SSSR count). The van der Waals surface area contributed by atoms with E-state index in [-0.39, 0.29) is 23.1 Å². The van der Waals surface area contributed by atoms with E-state index in [2.05, 4.69) is 77.9 Å². The quantitative estimate of drug-likeness (QED) is 0.289. The Morgan fingerprint density at radius 2 is 1.07 bits per heavy atom. The molecule has 2 aromatic rings. The Hall–Kier alpha value is -0.534. The van der Waals surface area contributed by atoms with E-state index in [1.807, 2.05) is 0 Å². The zero-order valence-corrected chi connectivity index (χ0v) is 20.4. The molecule has 2 unspecified atom stereocenters. The molecule has 0 amide bonds. The largest absolute Gasteiger partial charge is 2.00 e. The summed E-state index contributed by atoms with van der Waals surface area (Å²) in [6.07, 6.45) is 10.3. The first kappa shape index (κ1) is 26.5. The molecule has 0 fully saturated rings. The first-order valence-corrected chi connectivity index (χ1v) is 11.1. The molecule has 0 nitrogen and oxygen atoms in total. The second-order valence-electron chi connectivity index (χ2n) is 7.84. The van der Waals surface area contributed by atoms with Gasteiger partial charge in [0.05, 0.1) is 0 Å². The van der Waals surface area contributed by atoms with Gasteiger partial charge in [-0.1, -0.05) is 92.9 Å². The minimum absolute atomic E-state index is 0. The van der Waals surface area contributed by atoms with E-state index in [0.29, 0.717) is 0 Å². The molecule has 0 radical (unpaired) electrons. The molecule has 0 aliphatic carbocycles. The molecule has 0 heterocycles. The Morgan fingerprint density at radius 3 is 1.37 bits per heavy atom. The van der Waals surface area contributed by atoms with Crippen molar-refractivity contribution < 1.29 is 0 Å². The molecule has 0 N–H and O–H groups in total. The fraction of sp³-hybridized carbons (Fsp3) is 0.615. The van der Waals surface area contributed by atoms with Crippen molar-refractivity contribution in [2.75, 3.05) is 0 Å². The molecular weight excluding hydrogens is 337 g/mol. The fourth-order valence-corrected chi connectivity index (χ4v) is 3.53. The van der Waals surface area contributed by atoms with Gasteiger partial charge in [-0.25, -0.2) is 24.3 Å². The Bertz CT molecular complexity index is 522. The Labute approximate surface area is 186 Å². The third kappa shape index (κ3) is 9.00. The molecule has 148 valence electrons. The van der Waals surface area contributed by atoms with E-state index >= 15 is 0 Å². The second kappa shape index (κ2) is 15.4. The van der Waals surface area contributed by atoms with Crippen molar-refractivity contribution >= 4 is 23.1 Å². The number of aryl methyl sites for hydroxylation is 2. The predicted molar refractivity (Wildman–Crippen MR) is 124 cm³/mol. The SMILES string of the molecule is CCCC[c-]1cccc1C(C)CC.CCCC[c-]1cccc1C(C)CC.[Mg+2]. The van der Waals surface area contributed by atoms with Crippen LogP contribution in [0.2, 0.25) is 0 Å². The average molecular weight is 379 g/mol. The Balaban J connectivity index is 0.000000483. The molecule has 1 heteroatoms. The van der Waals surface area contributed by atoms with Crippen LogP contribution in [0.4, 0.5) is 0 Å². The van der Waals surface area contributed by atoms with Gasteiger partial charge in [0.2, 0.25) is 0 Å². The van der Waals surface area contributed by atoms with Gasteiger partial charge in [-0.15, -0.1) is 0 Å². The summed E-state index contributed by atoms with van der Waals surface area (Å²) in [5.74, 6) is 1.48. The van der Waals surface area contributed by atoms with Crippen LogP contribution in [0.1, 0.15) is 114 Å². The molecule has 27 heavy (non-hydrogen) atoms. The molecule has 0 aliphatic heterocycles. The molecular formula is C26H42Mg. The van der Waals surface area contributed by atoms with Crippen LogP contribution in [0.15, 0.2) is 36.4 Å². The van der Waals surface area contributed by atoms with Gasteiger partial charge in [0.25, 0.3) is 0 Å². The zero-order valence-electron chi connectivity index (χ0n) is 19.0. The molecule has 0 saturated carbocycles. The average Bonchev–Trinajstić information content (AvgIpc) is 3.33. The minimum Gasteiger partial charge on any atom is -0.213 e. The van der Waals surface area contributed by atoms with Crippen molar-refractivity contribution in [3.63, 3.8) is 0 Å². The minimum atomic E-state index is 0.